The van der Waals surface area contributed by atoms with E-state index in [2.05, 4.69) is 5.32 Å². The fourth-order valence-electron chi connectivity index (χ4n) is 1.84. The molecule has 0 aromatic heterocycles. The Bertz CT molecular complexity index is 644. The van der Waals surface area contributed by atoms with Gasteiger partial charge in [-0.2, -0.15) is 0 Å². The number of rotatable bonds is 6. The highest BCUT2D eigenvalue weighted by Gasteiger charge is 2.12. The molecule has 2 aromatic rings. The molecule has 2 aromatic carbocycles. The molecule has 1 amide bonds. The van der Waals surface area contributed by atoms with Gasteiger partial charge >= 0.3 is 0 Å². The number of hydrogen-bond acceptors (Lipinski definition) is 3. The summed E-state index contributed by atoms with van der Waals surface area (Å²) < 4.78 is 31.3. The monoisotopic (exact) mass is 323 g/mol. The molecule has 0 unspecified atom stereocenters. The quantitative estimate of drug-likeness (QED) is 0.646. The minimum absolute atomic E-state index is 0.0826. The normalized spacial score (nSPS) is 10.5. The molecular weight excluding hydrogens is 308 g/mol. The summed E-state index contributed by atoms with van der Waals surface area (Å²) in [5.74, 6) is -1.18. The zero-order valence-corrected chi connectivity index (χ0v) is 12.8. The molecule has 1 N–H and O–H groups in total. The van der Waals surface area contributed by atoms with Crippen molar-refractivity contribution >= 4 is 23.4 Å². The van der Waals surface area contributed by atoms with Gasteiger partial charge in [-0.15, -0.1) is 11.8 Å². The lowest BCUT2D eigenvalue weighted by Gasteiger charge is -2.10. The third-order valence-corrected chi connectivity index (χ3v) is 3.83. The topological polar surface area (TPSA) is 38.3 Å². The van der Waals surface area contributed by atoms with E-state index in [1.807, 2.05) is 12.1 Å². The van der Waals surface area contributed by atoms with Crippen LogP contribution in [0.2, 0.25) is 0 Å². The molecule has 2 rings (SSSR count). The van der Waals surface area contributed by atoms with Crippen molar-refractivity contribution in [1.29, 1.82) is 0 Å². The number of carbonyl (C=O) groups is 1. The van der Waals surface area contributed by atoms with Gasteiger partial charge in [0.2, 0.25) is 0 Å². The second-order valence-corrected chi connectivity index (χ2v) is 5.59. The van der Waals surface area contributed by atoms with Gasteiger partial charge in [0.15, 0.2) is 0 Å². The standard InChI is InChI=1S/C16H15F2NO2S/c1-21-6-7-22-15-5-3-2-4-14(15)16(20)19-13-9-11(17)8-12(18)10-13/h2-5,8-10H,6-7H2,1H3,(H,19,20). The van der Waals surface area contributed by atoms with Crippen molar-refractivity contribution in [2.45, 2.75) is 4.90 Å². The first-order valence-corrected chi connectivity index (χ1v) is 7.57. The van der Waals surface area contributed by atoms with E-state index in [1.165, 1.54) is 11.8 Å². The van der Waals surface area contributed by atoms with E-state index in [0.717, 1.165) is 23.1 Å². The summed E-state index contributed by atoms with van der Waals surface area (Å²) in [6.07, 6.45) is 0. The van der Waals surface area contributed by atoms with Crippen LogP contribution in [-0.2, 0) is 4.74 Å². The predicted octanol–water partition coefficient (Wildman–Crippen LogP) is 3.96. The third kappa shape index (κ3) is 4.54. The summed E-state index contributed by atoms with van der Waals surface area (Å²) >= 11 is 1.48. The van der Waals surface area contributed by atoms with E-state index in [9.17, 15) is 13.6 Å². The summed E-state index contributed by atoms with van der Waals surface area (Å²) in [6, 6.07) is 9.95. The first-order chi connectivity index (χ1) is 10.6. The molecule has 0 bridgehead atoms. The van der Waals surface area contributed by atoms with Crippen molar-refractivity contribution in [3.8, 4) is 0 Å². The van der Waals surface area contributed by atoms with Crippen LogP contribution in [0.1, 0.15) is 10.4 Å². The van der Waals surface area contributed by atoms with Crippen LogP contribution >= 0.6 is 11.8 Å². The number of anilines is 1. The smallest absolute Gasteiger partial charge is 0.256 e. The number of thioether (sulfide) groups is 1. The van der Waals surface area contributed by atoms with Gasteiger partial charge in [0.25, 0.3) is 5.91 Å². The van der Waals surface area contributed by atoms with Crippen molar-refractivity contribution in [3.05, 3.63) is 59.7 Å². The van der Waals surface area contributed by atoms with Gasteiger partial charge in [-0.25, -0.2) is 8.78 Å². The number of halogens is 2. The van der Waals surface area contributed by atoms with Gasteiger partial charge in [0, 0.05) is 29.5 Å². The summed E-state index contributed by atoms with van der Waals surface area (Å²) in [5.41, 5.74) is 0.535. The summed E-state index contributed by atoms with van der Waals surface area (Å²) in [6.45, 7) is 0.565. The van der Waals surface area contributed by atoms with Gasteiger partial charge < -0.3 is 10.1 Å². The number of hydrogen-bond donors (Lipinski definition) is 1. The molecule has 0 aliphatic heterocycles. The van der Waals surface area contributed by atoms with Crippen molar-refractivity contribution in [1.82, 2.24) is 0 Å². The van der Waals surface area contributed by atoms with Gasteiger partial charge in [0.05, 0.1) is 12.2 Å². The van der Waals surface area contributed by atoms with Gasteiger partial charge in [-0.3, -0.25) is 4.79 Å². The second-order valence-electron chi connectivity index (χ2n) is 4.45. The maximum absolute atomic E-state index is 13.2. The van der Waals surface area contributed by atoms with Gasteiger partial charge in [0.1, 0.15) is 11.6 Å². The Labute approximate surface area is 131 Å². The Morgan fingerprint density at radius 1 is 1.18 bits per heavy atom. The first-order valence-electron chi connectivity index (χ1n) is 6.58. The molecule has 116 valence electrons. The van der Waals surface area contributed by atoms with E-state index < -0.39 is 17.5 Å². The average molecular weight is 323 g/mol. The van der Waals surface area contributed by atoms with Crippen LogP contribution in [0.3, 0.4) is 0 Å². The van der Waals surface area contributed by atoms with Crippen molar-refractivity contribution < 1.29 is 18.3 Å². The van der Waals surface area contributed by atoms with E-state index >= 15 is 0 Å². The average Bonchev–Trinajstić information content (AvgIpc) is 2.47. The summed E-state index contributed by atoms with van der Waals surface area (Å²) in [5, 5.41) is 2.51. The fourth-order valence-corrected chi connectivity index (χ4v) is 2.80. The Hall–Kier alpha value is -1.92. The van der Waals surface area contributed by atoms with E-state index in [-0.39, 0.29) is 5.69 Å². The SMILES string of the molecule is COCCSc1ccccc1C(=O)Nc1cc(F)cc(F)c1. The number of carbonyl (C=O) groups excluding carboxylic acids is 1. The lowest BCUT2D eigenvalue weighted by Crippen LogP contribution is -2.13. The minimum Gasteiger partial charge on any atom is -0.384 e. The number of benzene rings is 2. The van der Waals surface area contributed by atoms with Crippen LogP contribution in [-0.4, -0.2) is 25.4 Å². The Morgan fingerprint density at radius 3 is 2.55 bits per heavy atom. The highest BCUT2D eigenvalue weighted by Crippen LogP contribution is 2.24. The van der Waals surface area contributed by atoms with Crippen LogP contribution in [0.4, 0.5) is 14.5 Å². The van der Waals surface area contributed by atoms with E-state index in [1.54, 1.807) is 19.2 Å². The number of nitrogens with one attached hydrogen (secondary N) is 1. The van der Waals surface area contributed by atoms with Crippen LogP contribution in [0.5, 0.6) is 0 Å². The molecule has 0 aliphatic carbocycles. The van der Waals surface area contributed by atoms with Crippen LogP contribution < -0.4 is 5.32 Å². The number of methoxy groups -OCH3 is 1. The van der Waals surface area contributed by atoms with Crippen molar-refractivity contribution in [2.75, 3.05) is 24.8 Å². The molecular formula is C16H15F2NO2S. The third-order valence-electron chi connectivity index (χ3n) is 2.80. The summed E-state index contributed by atoms with van der Waals surface area (Å²) in [4.78, 5) is 13.1. The molecule has 0 spiro atoms. The lowest BCUT2D eigenvalue weighted by atomic mass is 10.2. The van der Waals surface area contributed by atoms with Crippen LogP contribution in [0.15, 0.2) is 47.4 Å². The molecule has 0 aliphatic rings. The Morgan fingerprint density at radius 2 is 1.86 bits per heavy atom. The highest BCUT2D eigenvalue weighted by molar-refractivity contribution is 7.99. The lowest BCUT2D eigenvalue weighted by molar-refractivity contribution is 0.102. The molecule has 22 heavy (non-hydrogen) atoms. The molecule has 0 saturated carbocycles. The molecule has 3 nitrogen and oxygen atoms in total. The Kier molecular flexibility index (Phi) is 5.91. The zero-order chi connectivity index (χ0) is 15.9. The Balaban J connectivity index is 2.15. The molecule has 0 fully saturated rings. The maximum Gasteiger partial charge on any atom is 0.256 e. The van der Waals surface area contributed by atoms with Crippen molar-refractivity contribution in [3.63, 3.8) is 0 Å². The maximum atomic E-state index is 13.2. The molecule has 0 atom stereocenters. The molecule has 0 saturated heterocycles. The first kappa shape index (κ1) is 16.5. The van der Waals surface area contributed by atoms with E-state index in [0.29, 0.717) is 17.9 Å². The van der Waals surface area contributed by atoms with Crippen LogP contribution in [0.25, 0.3) is 0 Å². The second kappa shape index (κ2) is 7.91. The minimum atomic E-state index is -0.738. The largest absolute Gasteiger partial charge is 0.384 e. The van der Waals surface area contributed by atoms with Crippen LogP contribution in [0, 0.1) is 11.6 Å². The van der Waals surface area contributed by atoms with Gasteiger partial charge in [-0.1, -0.05) is 12.1 Å². The number of amides is 1. The molecule has 0 heterocycles. The van der Waals surface area contributed by atoms with Gasteiger partial charge in [-0.05, 0) is 24.3 Å². The fraction of sp³-hybridized carbons (Fsp3) is 0.188. The number of ether oxygens (including phenoxy) is 1. The molecule has 0 radical (unpaired) electrons. The molecule has 6 heteroatoms. The summed E-state index contributed by atoms with van der Waals surface area (Å²) in [7, 11) is 1.61. The highest BCUT2D eigenvalue weighted by atomic mass is 32.2. The van der Waals surface area contributed by atoms with Crippen molar-refractivity contribution in [2.24, 2.45) is 0 Å². The zero-order valence-electron chi connectivity index (χ0n) is 11.9. The van der Waals surface area contributed by atoms with E-state index in [4.69, 9.17) is 4.74 Å². The predicted molar refractivity (Wildman–Crippen MR) is 83.4 cm³/mol.